The Morgan fingerprint density at radius 1 is 1.32 bits per heavy atom. The Labute approximate surface area is 122 Å². The van der Waals surface area contributed by atoms with Gasteiger partial charge in [-0.2, -0.15) is 0 Å². The van der Waals surface area contributed by atoms with Crippen molar-refractivity contribution in [3.8, 4) is 11.6 Å². The molecule has 0 radical (unpaired) electrons. The molecule has 2 aromatic rings. The van der Waals surface area contributed by atoms with Crippen molar-refractivity contribution in [1.82, 2.24) is 9.97 Å². The van der Waals surface area contributed by atoms with E-state index in [1.807, 2.05) is 26.0 Å². The topological polar surface area (TPSA) is 35.0 Å². The molecular formula is C14H14Cl2N2O. The lowest BCUT2D eigenvalue weighted by molar-refractivity contribution is 0.453. The first-order valence-corrected chi connectivity index (χ1v) is 6.90. The van der Waals surface area contributed by atoms with Crippen LogP contribution < -0.4 is 4.74 Å². The maximum Gasteiger partial charge on any atom is 0.219 e. The van der Waals surface area contributed by atoms with Crippen molar-refractivity contribution in [1.29, 1.82) is 0 Å². The largest absolute Gasteiger partial charge is 0.437 e. The molecule has 0 fully saturated rings. The van der Waals surface area contributed by atoms with Crippen molar-refractivity contribution < 1.29 is 4.74 Å². The summed E-state index contributed by atoms with van der Waals surface area (Å²) in [7, 11) is 0. The third-order valence-corrected chi connectivity index (χ3v) is 3.30. The Morgan fingerprint density at radius 3 is 2.79 bits per heavy atom. The Morgan fingerprint density at radius 2 is 2.11 bits per heavy atom. The molecule has 0 amide bonds. The molecule has 0 aliphatic carbocycles. The van der Waals surface area contributed by atoms with Gasteiger partial charge in [-0.25, -0.2) is 4.98 Å². The highest BCUT2D eigenvalue weighted by atomic mass is 35.5. The van der Waals surface area contributed by atoms with Gasteiger partial charge in [0.2, 0.25) is 5.88 Å². The summed E-state index contributed by atoms with van der Waals surface area (Å²) in [5.41, 5.74) is 2.67. The molecular weight excluding hydrogens is 283 g/mol. The minimum absolute atomic E-state index is 0.324. The number of aryl methyl sites for hydroxylation is 2. The monoisotopic (exact) mass is 296 g/mol. The van der Waals surface area contributed by atoms with Crippen molar-refractivity contribution in [3.05, 3.63) is 46.4 Å². The first-order valence-electron chi connectivity index (χ1n) is 5.98. The van der Waals surface area contributed by atoms with E-state index >= 15 is 0 Å². The van der Waals surface area contributed by atoms with Crippen LogP contribution in [0.15, 0.2) is 24.4 Å². The van der Waals surface area contributed by atoms with Crippen molar-refractivity contribution in [2.75, 3.05) is 0 Å². The summed E-state index contributed by atoms with van der Waals surface area (Å²) in [5, 5.41) is 0.542. The minimum atomic E-state index is 0.324. The van der Waals surface area contributed by atoms with Crippen LogP contribution >= 0.6 is 23.2 Å². The van der Waals surface area contributed by atoms with E-state index in [0.29, 0.717) is 22.5 Å². The Kier molecular flexibility index (Phi) is 4.61. The summed E-state index contributed by atoms with van der Waals surface area (Å²) >= 11 is 11.8. The highest BCUT2D eigenvalue weighted by Gasteiger charge is 2.08. The smallest absolute Gasteiger partial charge is 0.219 e. The molecule has 5 heteroatoms. The van der Waals surface area contributed by atoms with Crippen molar-refractivity contribution in [2.24, 2.45) is 0 Å². The van der Waals surface area contributed by atoms with E-state index in [9.17, 15) is 0 Å². The zero-order valence-electron chi connectivity index (χ0n) is 10.8. The normalized spacial score (nSPS) is 10.5. The second-order valence-electron chi connectivity index (χ2n) is 4.10. The van der Waals surface area contributed by atoms with Crippen LogP contribution in [0.2, 0.25) is 5.02 Å². The molecule has 19 heavy (non-hydrogen) atoms. The molecule has 3 nitrogen and oxygen atoms in total. The summed E-state index contributed by atoms with van der Waals surface area (Å²) < 4.78 is 5.76. The fourth-order valence-corrected chi connectivity index (χ4v) is 2.13. The molecule has 0 spiro atoms. The van der Waals surface area contributed by atoms with Crippen molar-refractivity contribution in [2.45, 2.75) is 26.1 Å². The van der Waals surface area contributed by atoms with Gasteiger partial charge in [0, 0.05) is 23.8 Å². The van der Waals surface area contributed by atoms with Crippen molar-refractivity contribution >= 4 is 23.2 Å². The molecule has 2 heterocycles. The van der Waals surface area contributed by atoms with E-state index in [-0.39, 0.29) is 0 Å². The van der Waals surface area contributed by atoms with E-state index < -0.39 is 0 Å². The highest BCUT2D eigenvalue weighted by Crippen LogP contribution is 2.27. The van der Waals surface area contributed by atoms with Gasteiger partial charge >= 0.3 is 0 Å². The van der Waals surface area contributed by atoms with Crippen LogP contribution in [0, 0.1) is 6.92 Å². The average Bonchev–Trinajstić information content (AvgIpc) is 2.42. The van der Waals surface area contributed by atoms with Gasteiger partial charge in [-0.3, -0.25) is 4.98 Å². The fraction of sp³-hybridized carbons (Fsp3) is 0.286. The van der Waals surface area contributed by atoms with Crippen LogP contribution in [0.3, 0.4) is 0 Å². The van der Waals surface area contributed by atoms with Crippen LogP contribution in [0.1, 0.15) is 23.9 Å². The number of nitrogens with zero attached hydrogens (tertiary/aromatic N) is 2. The molecule has 2 aromatic heterocycles. The van der Waals surface area contributed by atoms with E-state index in [2.05, 4.69) is 9.97 Å². The number of rotatable bonds is 4. The molecule has 100 valence electrons. The molecule has 0 aliphatic heterocycles. The molecule has 2 rings (SSSR count). The molecule has 0 N–H and O–H groups in total. The van der Waals surface area contributed by atoms with Gasteiger partial charge in [0.05, 0.1) is 10.7 Å². The van der Waals surface area contributed by atoms with Crippen LogP contribution in [0.5, 0.6) is 11.6 Å². The summed E-state index contributed by atoms with van der Waals surface area (Å²) in [5.74, 6) is 1.51. The van der Waals surface area contributed by atoms with Gasteiger partial charge in [0.15, 0.2) is 5.75 Å². The second-order valence-corrected chi connectivity index (χ2v) is 4.78. The van der Waals surface area contributed by atoms with E-state index in [1.54, 1.807) is 12.3 Å². The molecule has 0 aromatic carbocycles. The highest BCUT2D eigenvalue weighted by molar-refractivity contribution is 6.32. The summed E-state index contributed by atoms with van der Waals surface area (Å²) in [4.78, 5) is 8.58. The van der Waals surface area contributed by atoms with E-state index in [0.717, 1.165) is 23.4 Å². The number of hydrogen-bond donors (Lipinski definition) is 0. The number of hydrogen-bond acceptors (Lipinski definition) is 3. The Bertz CT molecular complexity index is 588. The quantitative estimate of drug-likeness (QED) is 0.778. The Balaban J connectivity index is 2.30. The van der Waals surface area contributed by atoms with Gasteiger partial charge in [-0.15, -0.1) is 11.6 Å². The third kappa shape index (κ3) is 3.37. The molecule has 0 bridgehead atoms. The second kappa shape index (κ2) is 6.22. The standard InChI is InChI=1S/C14H14Cl2N2O/c1-3-12-13(5-4-9(2)18-12)19-14-6-10(7-15)11(16)8-17-14/h4-6,8H,3,7H2,1-2H3. The zero-order valence-corrected chi connectivity index (χ0v) is 12.3. The van der Waals surface area contributed by atoms with Crippen LogP contribution in [-0.2, 0) is 12.3 Å². The van der Waals surface area contributed by atoms with Gasteiger partial charge in [0.25, 0.3) is 0 Å². The predicted molar refractivity (Wildman–Crippen MR) is 77.2 cm³/mol. The first kappa shape index (κ1) is 14.1. The number of halogens is 2. The van der Waals surface area contributed by atoms with Crippen molar-refractivity contribution in [3.63, 3.8) is 0 Å². The number of aromatic nitrogens is 2. The molecule has 0 saturated carbocycles. The Hall–Kier alpha value is -1.32. The lowest BCUT2D eigenvalue weighted by Gasteiger charge is -2.10. The summed E-state index contributed by atoms with van der Waals surface area (Å²) in [6, 6.07) is 5.55. The zero-order chi connectivity index (χ0) is 13.8. The summed E-state index contributed by atoms with van der Waals surface area (Å²) in [6.07, 6.45) is 2.34. The predicted octanol–water partition coefficient (Wildman–Crippen LogP) is 4.53. The lowest BCUT2D eigenvalue weighted by atomic mass is 10.2. The SMILES string of the molecule is CCc1nc(C)ccc1Oc1cc(CCl)c(Cl)cn1. The lowest BCUT2D eigenvalue weighted by Crippen LogP contribution is -1.97. The first-order chi connectivity index (χ1) is 9.13. The minimum Gasteiger partial charge on any atom is -0.437 e. The molecule has 0 atom stereocenters. The van der Waals surface area contributed by atoms with Crippen LogP contribution in [0.25, 0.3) is 0 Å². The van der Waals surface area contributed by atoms with Gasteiger partial charge < -0.3 is 4.74 Å². The number of ether oxygens (including phenoxy) is 1. The van der Waals surface area contributed by atoms with Gasteiger partial charge in [-0.1, -0.05) is 18.5 Å². The molecule has 0 saturated heterocycles. The maximum absolute atomic E-state index is 5.96. The molecule has 0 unspecified atom stereocenters. The number of pyridine rings is 2. The van der Waals surface area contributed by atoms with E-state index in [1.165, 1.54) is 0 Å². The van der Waals surface area contributed by atoms with Crippen LogP contribution in [-0.4, -0.2) is 9.97 Å². The maximum atomic E-state index is 5.96. The van der Waals surface area contributed by atoms with Crippen LogP contribution in [0.4, 0.5) is 0 Å². The number of alkyl halides is 1. The third-order valence-electron chi connectivity index (χ3n) is 2.67. The van der Waals surface area contributed by atoms with E-state index in [4.69, 9.17) is 27.9 Å². The average molecular weight is 297 g/mol. The van der Waals surface area contributed by atoms with Gasteiger partial charge in [0.1, 0.15) is 0 Å². The summed E-state index contributed by atoms with van der Waals surface area (Å²) in [6.45, 7) is 3.99. The molecule has 0 aliphatic rings. The fourth-order valence-electron chi connectivity index (χ4n) is 1.67. The van der Waals surface area contributed by atoms with Gasteiger partial charge in [-0.05, 0) is 31.0 Å².